The van der Waals surface area contributed by atoms with Gasteiger partial charge < -0.3 is 10.3 Å². The van der Waals surface area contributed by atoms with Gasteiger partial charge in [0.05, 0.1) is 5.56 Å². The van der Waals surface area contributed by atoms with E-state index in [2.05, 4.69) is 12.1 Å². The molecule has 0 saturated heterocycles. The zero-order valence-corrected chi connectivity index (χ0v) is 11.2. The number of halogens is 1. The zero-order valence-electron chi connectivity index (χ0n) is 11.2. The zero-order chi connectivity index (χ0) is 13.7. The predicted octanol–water partition coefficient (Wildman–Crippen LogP) is 4.19. The monoisotopic (exact) mass is 262 g/mol. The van der Waals surface area contributed by atoms with Crippen molar-refractivity contribution >= 4 is 5.82 Å². The number of aryl methyl sites for hydroxylation is 1. The summed E-state index contributed by atoms with van der Waals surface area (Å²) in [5.41, 5.74) is 7.29. The molecule has 2 rings (SSSR count). The van der Waals surface area contributed by atoms with Crippen molar-refractivity contribution in [1.29, 1.82) is 0 Å². The number of nitrogens with two attached hydrogens (primary N) is 1. The van der Waals surface area contributed by atoms with E-state index >= 15 is 0 Å². The van der Waals surface area contributed by atoms with Gasteiger partial charge in [-0.25, -0.2) is 4.39 Å². The minimum Gasteiger partial charge on any atom is -0.380 e. The van der Waals surface area contributed by atoms with Crippen LogP contribution in [-0.4, -0.2) is 5.16 Å². The Kier molecular flexibility index (Phi) is 4.55. The molecule has 1 heterocycles. The molecule has 3 nitrogen and oxygen atoms in total. The molecule has 0 unspecified atom stereocenters. The minimum atomic E-state index is -0.282. The van der Waals surface area contributed by atoms with Crippen LogP contribution in [0.5, 0.6) is 0 Å². The highest BCUT2D eigenvalue weighted by Gasteiger charge is 2.15. The van der Waals surface area contributed by atoms with Crippen molar-refractivity contribution in [3.8, 4) is 11.1 Å². The first kappa shape index (κ1) is 13.6. The van der Waals surface area contributed by atoms with Crippen LogP contribution in [0.1, 0.15) is 38.4 Å². The average Bonchev–Trinajstić information content (AvgIpc) is 2.76. The number of rotatable bonds is 6. The van der Waals surface area contributed by atoms with Crippen molar-refractivity contribution in [2.75, 3.05) is 5.73 Å². The highest BCUT2D eigenvalue weighted by atomic mass is 19.1. The number of nitrogens with zero attached hydrogens (tertiary/aromatic N) is 1. The molecule has 0 atom stereocenters. The first-order chi connectivity index (χ1) is 9.22. The number of aromatic nitrogens is 1. The third-order valence-electron chi connectivity index (χ3n) is 3.16. The minimum absolute atomic E-state index is 0.282. The van der Waals surface area contributed by atoms with E-state index in [0.717, 1.165) is 36.1 Å². The van der Waals surface area contributed by atoms with Gasteiger partial charge in [-0.3, -0.25) is 0 Å². The normalized spacial score (nSPS) is 10.8. The van der Waals surface area contributed by atoms with Crippen LogP contribution < -0.4 is 5.73 Å². The molecular formula is C15H19FN2O. The molecule has 0 aliphatic rings. The summed E-state index contributed by atoms with van der Waals surface area (Å²) in [5, 5.41) is 3.80. The Hall–Kier alpha value is -1.84. The van der Waals surface area contributed by atoms with Gasteiger partial charge in [-0.05, 0) is 24.1 Å². The standard InChI is InChI=1S/C15H19FN2O/c1-2-3-4-5-9-13-14(15(17)18-19-13)11-7-6-8-12(16)10-11/h6-8,10H,2-5,9H2,1H3,(H2,17,18). The first-order valence-corrected chi connectivity index (χ1v) is 6.72. The van der Waals surface area contributed by atoms with Gasteiger partial charge in [-0.2, -0.15) is 0 Å². The number of unbranched alkanes of at least 4 members (excludes halogenated alkanes) is 3. The lowest BCUT2D eigenvalue weighted by Crippen LogP contribution is -1.92. The van der Waals surface area contributed by atoms with Gasteiger partial charge >= 0.3 is 0 Å². The number of hydrogen-bond acceptors (Lipinski definition) is 3. The second-order valence-corrected chi connectivity index (χ2v) is 4.69. The molecule has 1 aromatic carbocycles. The van der Waals surface area contributed by atoms with Crippen molar-refractivity contribution in [3.05, 3.63) is 35.8 Å². The Balaban J connectivity index is 2.18. The molecular weight excluding hydrogens is 243 g/mol. The molecule has 0 aliphatic carbocycles. The highest BCUT2D eigenvalue weighted by Crippen LogP contribution is 2.31. The average molecular weight is 262 g/mol. The van der Waals surface area contributed by atoms with Crippen molar-refractivity contribution in [2.45, 2.75) is 39.0 Å². The largest absolute Gasteiger partial charge is 0.380 e. The van der Waals surface area contributed by atoms with E-state index in [9.17, 15) is 4.39 Å². The van der Waals surface area contributed by atoms with E-state index in [4.69, 9.17) is 10.3 Å². The highest BCUT2D eigenvalue weighted by molar-refractivity contribution is 5.75. The summed E-state index contributed by atoms with van der Waals surface area (Å²) in [4.78, 5) is 0. The Morgan fingerprint density at radius 2 is 2.11 bits per heavy atom. The first-order valence-electron chi connectivity index (χ1n) is 6.72. The summed E-state index contributed by atoms with van der Waals surface area (Å²) < 4.78 is 18.6. The van der Waals surface area contributed by atoms with E-state index in [0.29, 0.717) is 5.82 Å². The summed E-state index contributed by atoms with van der Waals surface area (Å²) in [7, 11) is 0. The third-order valence-corrected chi connectivity index (χ3v) is 3.16. The fraction of sp³-hybridized carbons (Fsp3) is 0.400. The molecule has 0 saturated carbocycles. The number of benzene rings is 1. The molecule has 19 heavy (non-hydrogen) atoms. The molecule has 4 heteroatoms. The van der Waals surface area contributed by atoms with Gasteiger partial charge in [-0.15, -0.1) is 0 Å². The smallest absolute Gasteiger partial charge is 0.175 e. The van der Waals surface area contributed by atoms with E-state index in [1.54, 1.807) is 6.07 Å². The Bertz CT molecular complexity index is 537. The summed E-state index contributed by atoms with van der Waals surface area (Å²) in [6, 6.07) is 6.35. The molecule has 0 amide bonds. The van der Waals surface area contributed by atoms with Gasteiger partial charge in [0, 0.05) is 6.42 Å². The van der Waals surface area contributed by atoms with Gasteiger partial charge in [0.2, 0.25) is 0 Å². The van der Waals surface area contributed by atoms with Crippen molar-refractivity contribution < 1.29 is 8.91 Å². The van der Waals surface area contributed by atoms with Gasteiger partial charge in [0.1, 0.15) is 11.6 Å². The van der Waals surface area contributed by atoms with Crippen molar-refractivity contribution in [1.82, 2.24) is 5.16 Å². The molecule has 0 radical (unpaired) electrons. The quantitative estimate of drug-likeness (QED) is 0.794. The fourth-order valence-corrected chi connectivity index (χ4v) is 2.17. The number of hydrogen-bond donors (Lipinski definition) is 1. The molecule has 2 N–H and O–H groups in total. The maximum absolute atomic E-state index is 13.3. The topological polar surface area (TPSA) is 52.0 Å². The van der Waals surface area contributed by atoms with Crippen LogP contribution in [0, 0.1) is 5.82 Å². The molecule has 0 bridgehead atoms. The van der Waals surface area contributed by atoms with Gasteiger partial charge in [-0.1, -0.05) is 43.5 Å². The predicted molar refractivity (Wildman–Crippen MR) is 74.2 cm³/mol. The molecule has 102 valence electrons. The SMILES string of the molecule is CCCCCCc1onc(N)c1-c1cccc(F)c1. The van der Waals surface area contributed by atoms with Crippen LogP contribution >= 0.6 is 0 Å². The number of nitrogen functional groups attached to an aromatic ring is 1. The maximum Gasteiger partial charge on any atom is 0.175 e. The maximum atomic E-state index is 13.3. The lowest BCUT2D eigenvalue weighted by atomic mass is 10.0. The Morgan fingerprint density at radius 1 is 1.26 bits per heavy atom. The van der Waals surface area contributed by atoms with Crippen LogP contribution in [0.25, 0.3) is 11.1 Å². The molecule has 0 fully saturated rings. The van der Waals surface area contributed by atoms with E-state index in [1.807, 2.05) is 6.07 Å². The second-order valence-electron chi connectivity index (χ2n) is 4.69. The summed E-state index contributed by atoms with van der Waals surface area (Å²) in [6.07, 6.45) is 5.37. The van der Waals surface area contributed by atoms with Crippen molar-refractivity contribution in [3.63, 3.8) is 0 Å². The molecule has 0 spiro atoms. The van der Waals surface area contributed by atoms with Crippen LogP contribution in [0.4, 0.5) is 10.2 Å². The summed E-state index contributed by atoms with van der Waals surface area (Å²) >= 11 is 0. The van der Waals surface area contributed by atoms with E-state index < -0.39 is 0 Å². The van der Waals surface area contributed by atoms with Gasteiger partial charge in [0.15, 0.2) is 5.82 Å². The molecule has 1 aromatic heterocycles. The van der Waals surface area contributed by atoms with Crippen LogP contribution in [0.15, 0.2) is 28.8 Å². The lowest BCUT2D eigenvalue weighted by Gasteiger charge is -2.03. The van der Waals surface area contributed by atoms with Crippen LogP contribution in [0.2, 0.25) is 0 Å². The van der Waals surface area contributed by atoms with E-state index in [1.165, 1.54) is 25.0 Å². The Labute approximate surface area is 112 Å². The molecule has 2 aromatic rings. The van der Waals surface area contributed by atoms with Crippen LogP contribution in [0.3, 0.4) is 0 Å². The third kappa shape index (κ3) is 3.34. The lowest BCUT2D eigenvalue weighted by molar-refractivity contribution is 0.382. The Morgan fingerprint density at radius 3 is 2.84 bits per heavy atom. The fourth-order valence-electron chi connectivity index (χ4n) is 2.17. The van der Waals surface area contributed by atoms with Crippen LogP contribution in [-0.2, 0) is 6.42 Å². The van der Waals surface area contributed by atoms with E-state index in [-0.39, 0.29) is 5.82 Å². The molecule has 0 aliphatic heterocycles. The summed E-state index contributed by atoms with van der Waals surface area (Å²) in [5.74, 6) is 0.797. The van der Waals surface area contributed by atoms with Gasteiger partial charge in [0.25, 0.3) is 0 Å². The number of anilines is 1. The second kappa shape index (κ2) is 6.36. The van der Waals surface area contributed by atoms with Crippen molar-refractivity contribution in [2.24, 2.45) is 0 Å². The summed E-state index contributed by atoms with van der Waals surface area (Å²) in [6.45, 7) is 2.17.